The molecule has 0 bridgehead atoms. The Balaban J connectivity index is 1.80. The van der Waals surface area contributed by atoms with Crippen molar-refractivity contribution in [2.75, 3.05) is 5.32 Å². The summed E-state index contributed by atoms with van der Waals surface area (Å²) in [7, 11) is 0. The molecule has 0 atom stereocenters. The highest BCUT2D eigenvalue weighted by Crippen LogP contribution is 2.29. The molecule has 0 unspecified atom stereocenters. The van der Waals surface area contributed by atoms with Crippen LogP contribution in [0.4, 0.5) is 5.82 Å². The number of anilines is 1. The summed E-state index contributed by atoms with van der Waals surface area (Å²) >= 11 is 0. The van der Waals surface area contributed by atoms with Gasteiger partial charge < -0.3 is 5.32 Å². The maximum atomic E-state index is 11.6. The van der Waals surface area contributed by atoms with E-state index in [2.05, 4.69) is 22.4 Å². The fourth-order valence-electron chi connectivity index (χ4n) is 1.98. The summed E-state index contributed by atoms with van der Waals surface area (Å²) in [6.07, 6.45) is 6.39. The fraction of sp³-hybridized carbons (Fsp3) is 0.667. The van der Waals surface area contributed by atoms with Gasteiger partial charge in [0.1, 0.15) is 0 Å². The monoisotopic (exact) mass is 221 g/mol. The van der Waals surface area contributed by atoms with Crippen LogP contribution in [0.15, 0.2) is 6.07 Å². The van der Waals surface area contributed by atoms with Crippen molar-refractivity contribution in [3.63, 3.8) is 0 Å². The molecule has 1 aromatic rings. The van der Waals surface area contributed by atoms with Crippen LogP contribution >= 0.6 is 0 Å². The van der Waals surface area contributed by atoms with Gasteiger partial charge in [-0.25, -0.2) is 0 Å². The highest BCUT2D eigenvalue weighted by Gasteiger charge is 2.20. The molecule has 2 rings (SSSR count). The Morgan fingerprint density at radius 2 is 2.44 bits per heavy atom. The third-order valence-corrected chi connectivity index (χ3v) is 3.12. The van der Waals surface area contributed by atoms with Crippen LogP contribution < -0.4 is 5.32 Å². The van der Waals surface area contributed by atoms with Crippen LogP contribution in [0.25, 0.3) is 0 Å². The largest absolute Gasteiger partial charge is 0.309 e. The van der Waals surface area contributed by atoms with E-state index in [4.69, 9.17) is 0 Å². The van der Waals surface area contributed by atoms with E-state index >= 15 is 0 Å². The summed E-state index contributed by atoms with van der Waals surface area (Å²) in [6.45, 7) is 2.12. The van der Waals surface area contributed by atoms with Crippen LogP contribution in [-0.4, -0.2) is 16.1 Å². The molecule has 1 heterocycles. The zero-order chi connectivity index (χ0) is 11.4. The summed E-state index contributed by atoms with van der Waals surface area (Å²) in [6, 6.07) is 1.92. The average molecular weight is 221 g/mol. The topological polar surface area (TPSA) is 57.8 Å². The van der Waals surface area contributed by atoms with E-state index in [9.17, 15) is 4.79 Å². The molecular weight excluding hydrogens is 202 g/mol. The van der Waals surface area contributed by atoms with Crippen molar-refractivity contribution in [1.82, 2.24) is 10.2 Å². The van der Waals surface area contributed by atoms with Crippen LogP contribution in [-0.2, 0) is 11.2 Å². The normalized spacial score (nSPS) is 15.8. The highest BCUT2D eigenvalue weighted by molar-refractivity contribution is 5.89. The Morgan fingerprint density at radius 1 is 1.62 bits per heavy atom. The molecule has 0 radical (unpaired) electrons. The minimum Gasteiger partial charge on any atom is -0.309 e. The van der Waals surface area contributed by atoms with Gasteiger partial charge >= 0.3 is 0 Å². The van der Waals surface area contributed by atoms with Crippen LogP contribution in [0.3, 0.4) is 0 Å². The predicted molar refractivity (Wildman–Crippen MR) is 63.2 cm³/mol. The summed E-state index contributed by atoms with van der Waals surface area (Å²) in [4.78, 5) is 11.6. The summed E-state index contributed by atoms with van der Waals surface area (Å²) < 4.78 is 0. The number of aromatic nitrogens is 2. The van der Waals surface area contributed by atoms with Crippen molar-refractivity contribution in [1.29, 1.82) is 0 Å². The van der Waals surface area contributed by atoms with E-state index in [-0.39, 0.29) is 5.91 Å². The van der Waals surface area contributed by atoms with Gasteiger partial charge in [-0.2, -0.15) is 5.10 Å². The number of aromatic amines is 1. The maximum absolute atomic E-state index is 11.6. The van der Waals surface area contributed by atoms with E-state index in [0.717, 1.165) is 18.5 Å². The summed E-state index contributed by atoms with van der Waals surface area (Å²) in [5.41, 5.74) is 1.08. The third kappa shape index (κ3) is 2.84. The van der Waals surface area contributed by atoms with Crippen molar-refractivity contribution in [2.24, 2.45) is 5.92 Å². The van der Waals surface area contributed by atoms with E-state index < -0.39 is 0 Å². The van der Waals surface area contributed by atoms with Gasteiger partial charge in [0, 0.05) is 18.2 Å². The molecular formula is C12H19N3O. The number of H-pyrrole nitrogens is 1. The Morgan fingerprint density at radius 3 is 3.06 bits per heavy atom. The lowest BCUT2D eigenvalue weighted by molar-refractivity contribution is -0.117. The standard InChI is InChI=1S/C12H19N3O/c1-2-4-10-8-11(15-14-10)13-12(16)7-9-5-3-6-9/h8-9H,2-7H2,1H3,(H2,13,14,15,16). The Hall–Kier alpha value is -1.32. The second-order valence-electron chi connectivity index (χ2n) is 4.58. The lowest BCUT2D eigenvalue weighted by Crippen LogP contribution is -2.20. The van der Waals surface area contributed by atoms with Gasteiger partial charge in [0.25, 0.3) is 0 Å². The van der Waals surface area contributed by atoms with Crippen molar-refractivity contribution < 1.29 is 4.79 Å². The zero-order valence-corrected chi connectivity index (χ0v) is 9.75. The van der Waals surface area contributed by atoms with Crippen molar-refractivity contribution >= 4 is 11.7 Å². The quantitative estimate of drug-likeness (QED) is 0.802. The van der Waals surface area contributed by atoms with Crippen LogP contribution in [0.5, 0.6) is 0 Å². The Labute approximate surface area is 95.8 Å². The number of nitrogens with one attached hydrogen (secondary N) is 2. The second-order valence-corrected chi connectivity index (χ2v) is 4.58. The molecule has 1 amide bonds. The van der Waals surface area contributed by atoms with Gasteiger partial charge in [0.2, 0.25) is 5.91 Å². The molecule has 88 valence electrons. The SMILES string of the molecule is CCCc1cc(NC(=O)CC2CCC2)n[nH]1. The molecule has 0 spiro atoms. The lowest BCUT2D eigenvalue weighted by Gasteiger charge is -2.24. The van der Waals surface area contributed by atoms with Crippen molar-refractivity contribution in [3.8, 4) is 0 Å². The molecule has 4 nitrogen and oxygen atoms in total. The molecule has 1 aliphatic rings. The lowest BCUT2D eigenvalue weighted by atomic mass is 9.83. The second kappa shape index (κ2) is 5.14. The number of carbonyl (C=O) groups is 1. The first-order valence-electron chi connectivity index (χ1n) is 6.12. The zero-order valence-electron chi connectivity index (χ0n) is 9.75. The molecule has 1 saturated carbocycles. The van der Waals surface area contributed by atoms with Gasteiger partial charge in [0.15, 0.2) is 5.82 Å². The summed E-state index contributed by atoms with van der Waals surface area (Å²) in [5, 5.41) is 9.84. The first-order chi connectivity index (χ1) is 7.78. The van der Waals surface area contributed by atoms with E-state index in [1.165, 1.54) is 19.3 Å². The van der Waals surface area contributed by atoms with Gasteiger partial charge in [-0.3, -0.25) is 9.89 Å². The highest BCUT2D eigenvalue weighted by atomic mass is 16.1. The van der Waals surface area contributed by atoms with Gasteiger partial charge in [0.05, 0.1) is 0 Å². The molecule has 1 fully saturated rings. The fourth-order valence-corrected chi connectivity index (χ4v) is 1.98. The average Bonchev–Trinajstić information content (AvgIpc) is 2.60. The Kier molecular flexibility index (Phi) is 3.59. The van der Waals surface area contributed by atoms with E-state index in [0.29, 0.717) is 18.2 Å². The van der Waals surface area contributed by atoms with Crippen molar-refractivity contribution in [3.05, 3.63) is 11.8 Å². The smallest absolute Gasteiger partial charge is 0.225 e. The van der Waals surface area contributed by atoms with Gasteiger partial charge in [-0.05, 0) is 25.2 Å². The molecule has 0 aliphatic heterocycles. The van der Waals surface area contributed by atoms with Crippen LogP contribution in [0.2, 0.25) is 0 Å². The number of hydrogen-bond donors (Lipinski definition) is 2. The molecule has 4 heteroatoms. The summed E-state index contributed by atoms with van der Waals surface area (Å²) in [5.74, 6) is 1.36. The molecule has 0 saturated heterocycles. The number of aryl methyl sites for hydroxylation is 1. The Bertz CT molecular complexity index is 355. The predicted octanol–water partition coefficient (Wildman–Crippen LogP) is 2.49. The molecule has 1 aliphatic carbocycles. The maximum Gasteiger partial charge on any atom is 0.225 e. The number of rotatable bonds is 5. The molecule has 0 aromatic carbocycles. The number of nitrogens with zero attached hydrogens (tertiary/aromatic N) is 1. The number of amides is 1. The number of carbonyl (C=O) groups excluding carboxylic acids is 1. The van der Waals surface area contributed by atoms with Crippen molar-refractivity contribution in [2.45, 2.75) is 45.4 Å². The van der Waals surface area contributed by atoms with Gasteiger partial charge in [-0.15, -0.1) is 0 Å². The minimum atomic E-state index is 0.0965. The molecule has 16 heavy (non-hydrogen) atoms. The minimum absolute atomic E-state index is 0.0965. The van der Waals surface area contributed by atoms with Crippen LogP contribution in [0.1, 0.15) is 44.7 Å². The van der Waals surface area contributed by atoms with E-state index in [1.54, 1.807) is 0 Å². The number of hydrogen-bond acceptors (Lipinski definition) is 2. The molecule has 2 N–H and O–H groups in total. The molecule has 1 aromatic heterocycles. The van der Waals surface area contributed by atoms with Crippen LogP contribution in [0, 0.1) is 5.92 Å². The van der Waals surface area contributed by atoms with Gasteiger partial charge in [-0.1, -0.05) is 19.8 Å². The third-order valence-electron chi connectivity index (χ3n) is 3.12. The van der Waals surface area contributed by atoms with E-state index in [1.807, 2.05) is 6.07 Å². The first-order valence-corrected chi connectivity index (χ1v) is 6.12. The first kappa shape index (κ1) is 11.2.